The first-order valence-electron chi connectivity index (χ1n) is 6.41. The van der Waals surface area contributed by atoms with E-state index in [1.165, 1.54) is 0 Å². The van der Waals surface area contributed by atoms with Gasteiger partial charge in [0.15, 0.2) is 0 Å². The Morgan fingerprint density at radius 3 is 2.75 bits per heavy atom. The minimum Gasteiger partial charge on any atom is -0.321 e. The van der Waals surface area contributed by atoms with Crippen LogP contribution in [-0.4, -0.2) is 11.7 Å². The number of carbonyl (C=O) groups is 1. The Kier molecular flexibility index (Phi) is 5.26. The number of benzene rings is 2. The second-order valence-electron chi connectivity index (χ2n) is 4.37. The van der Waals surface area contributed by atoms with Crippen molar-refractivity contribution in [2.24, 2.45) is 0 Å². The Bertz CT molecular complexity index is 628. The first-order valence-corrected chi connectivity index (χ1v) is 8.19. The summed E-state index contributed by atoms with van der Waals surface area (Å²) in [6.45, 7) is 4.07. The Morgan fingerprint density at radius 2 is 2.00 bits per heavy atom. The van der Waals surface area contributed by atoms with Crippen LogP contribution in [-0.2, 0) is 0 Å². The number of halogens is 1. The molecule has 20 heavy (non-hydrogen) atoms. The summed E-state index contributed by atoms with van der Waals surface area (Å²) >= 11 is 5.15. The van der Waals surface area contributed by atoms with E-state index in [4.69, 9.17) is 0 Å². The molecular weight excluding hydrogens is 334 g/mol. The van der Waals surface area contributed by atoms with E-state index in [2.05, 4.69) is 28.2 Å². The molecule has 0 unspecified atom stereocenters. The second-order valence-corrected chi connectivity index (χ2v) is 6.53. The maximum absolute atomic E-state index is 12.4. The fraction of sp³-hybridized carbons (Fsp3) is 0.188. The third kappa shape index (κ3) is 3.64. The predicted molar refractivity (Wildman–Crippen MR) is 89.7 cm³/mol. The first-order chi connectivity index (χ1) is 9.61. The van der Waals surface area contributed by atoms with Gasteiger partial charge in [0.1, 0.15) is 0 Å². The van der Waals surface area contributed by atoms with Crippen LogP contribution < -0.4 is 5.32 Å². The average molecular weight is 350 g/mol. The fourth-order valence-electron chi connectivity index (χ4n) is 1.85. The van der Waals surface area contributed by atoms with Crippen LogP contribution >= 0.6 is 27.7 Å². The Morgan fingerprint density at radius 1 is 1.25 bits per heavy atom. The van der Waals surface area contributed by atoms with Crippen LogP contribution in [0.4, 0.5) is 5.69 Å². The lowest BCUT2D eigenvalue weighted by Crippen LogP contribution is -2.13. The van der Waals surface area contributed by atoms with E-state index in [1.807, 2.05) is 49.4 Å². The molecule has 0 radical (unpaired) electrons. The van der Waals surface area contributed by atoms with Crippen LogP contribution in [0, 0.1) is 6.92 Å². The van der Waals surface area contributed by atoms with Gasteiger partial charge >= 0.3 is 0 Å². The number of para-hydroxylation sites is 1. The van der Waals surface area contributed by atoms with Gasteiger partial charge in [-0.1, -0.05) is 30.7 Å². The molecule has 1 N–H and O–H groups in total. The molecule has 0 saturated heterocycles. The lowest BCUT2D eigenvalue weighted by molar-refractivity contribution is 0.102. The smallest absolute Gasteiger partial charge is 0.256 e. The largest absolute Gasteiger partial charge is 0.321 e. The van der Waals surface area contributed by atoms with Crippen molar-refractivity contribution in [3.63, 3.8) is 0 Å². The zero-order valence-electron chi connectivity index (χ0n) is 11.4. The molecule has 0 aliphatic heterocycles. The summed E-state index contributed by atoms with van der Waals surface area (Å²) in [5.41, 5.74) is 2.58. The molecule has 0 fully saturated rings. The van der Waals surface area contributed by atoms with Gasteiger partial charge in [-0.05, 0) is 52.9 Å². The number of rotatable bonds is 4. The third-order valence-electron chi connectivity index (χ3n) is 2.80. The number of carbonyl (C=O) groups excluding carboxylic acids is 1. The van der Waals surface area contributed by atoms with Crippen molar-refractivity contribution in [3.8, 4) is 0 Å². The number of aryl methyl sites for hydroxylation is 1. The highest BCUT2D eigenvalue weighted by atomic mass is 79.9. The molecule has 104 valence electrons. The van der Waals surface area contributed by atoms with Crippen LogP contribution in [0.2, 0.25) is 0 Å². The van der Waals surface area contributed by atoms with Crippen molar-refractivity contribution in [2.75, 3.05) is 11.1 Å². The van der Waals surface area contributed by atoms with E-state index < -0.39 is 0 Å². The molecule has 0 aliphatic rings. The minimum absolute atomic E-state index is 0.0928. The van der Waals surface area contributed by atoms with Gasteiger partial charge in [-0.15, -0.1) is 11.8 Å². The molecule has 2 rings (SSSR count). The summed E-state index contributed by atoms with van der Waals surface area (Å²) in [7, 11) is 0. The number of anilines is 1. The topological polar surface area (TPSA) is 29.1 Å². The summed E-state index contributed by atoms with van der Waals surface area (Å²) in [6.07, 6.45) is 0. The molecule has 2 aromatic rings. The van der Waals surface area contributed by atoms with Crippen LogP contribution in [0.3, 0.4) is 0 Å². The molecule has 0 aliphatic carbocycles. The number of thioether (sulfide) groups is 1. The predicted octanol–water partition coefficient (Wildman–Crippen LogP) is 5.12. The lowest BCUT2D eigenvalue weighted by Gasteiger charge is -2.11. The highest BCUT2D eigenvalue weighted by Gasteiger charge is 2.12. The van der Waals surface area contributed by atoms with Crippen LogP contribution in [0.25, 0.3) is 0 Å². The number of nitrogens with one attached hydrogen (secondary N) is 1. The molecule has 1 amide bonds. The molecule has 0 heterocycles. The lowest BCUT2D eigenvalue weighted by atomic mass is 10.1. The molecule has 0 atom stereocenters. The van der Waals surface area contributed by atoms with Gasteiger partial charge in [-0.25, -0.2) is 0 Å². The molecule has 4 heteroatoms. The second kappa shape index (κ2) is 6.95. The highest BCUT2D eigenvalue weighted by molar-refractivity contribution is 9.10. The van der Waals surface area contributed by atoms with Crippen molar-refractivity contribution >= 4 is 39.3 Å². The zero-order valence-corrected chi connectivity index (χ0v) is 13.8. The molecule has 0 bridgehead atoms. The van der Waals surface area contributed by atoms with Gasteiger partial charge in [0, 0.05) is 9.37 Å². The van der Waals surface area contributed by atoms with E-state index in [0.29, 0.717) is 5.56 Å². The third-order valence-corrected chi connectivity index (χ3v) is 4.45. The van der Waals surface area contributed by atoms with E-state index in [9.17, 15) is 4.79 Å². The van der Waals surface area contributed by atoms with Gasteiger partial charge < -0.3 is 5.32 Å². The fourth-order valence-corrected chi connectivity index (χ4v) is 3.04. The van der Waals surface area contributed by atoms with E-state index in [1.54, 1.807) is 11.8 Å². The molecule has 2 aromatic carbocycles. The Hall–Kier alpha value is -1.26. The summed E-state index contributed by atoms with van der Waals surface area (Å²) in [6, 6.07) is 13.6. The summed E-state index contributed by atoms with van der Waals surface area (Å²) < 4.78 is 0.807. The Labute approximate surface area is 132 Å². The highest BCUT2D eigenvalue weighted by Crippen LogP contribution is 2.28. The molecular formula is C16H16BrNOS. The Balaban J connectivity index is 2.26. The molecule has 0 spiro atoms. The van der Waals surface area contributed by atoms with Crippen LogP contribution in [0.1, 0.15) is 22.8 Å². The van der Waals surface area contributed by atoms with E-state index in [0.717, 1.165) is 26.4 Å². The van der Waals surface area contributed by atoms with Crippen LogP contribution in [0.15, 0.2) is 51.8 Å². The summed E-state index contributed by atoms with van der Waals surface area (Å²) in [4.78, 5) is 13.5. The van der Waals surface area contributed by atoms with Gasteiger partial charge in [0.05, 0.1) is 11.3 Å². The minimum atomic E-state index is -0.0928. The number of amides is 1. The van der Waals surface area contributed by atoms with Gasteiger partial charge in [0.25, 0.3) is 5.91 Å². The molecule has 0 saturated carbocycles. The SMILES string of the molecule is CCSc1ccccc1NC(=O)c1cc(C)ccc1Br. The van der Waals surface area contributed by atoms with Crippen molar-refractivity contribution in [3.05, 3.63) is 58.1 Å². The monoisotopic (exact) mass is 349 g/mol. The zero-order chi connectivity index (χ0) is 14.5. The van der Waals surface area contributed by atoms with E-state index >= 15 is 0 Å². The normalized spacial score (nSPS) is 10.3. The quantitative estimate of drug-likeness (QED) is 0.776. The van der Waals surface area contributed by atoms with Crippen LogP contribution in [0.5, 0.6) is 0 Å². The number of hydrogen-bond donors (Lipinski definition) is 1. The number of hydrogen-bond acceptors (Lipinski definition) is 2. The molecule has 0 aromatic heterocycles. The summed E-state index contributed by atoms with van der Waals surface area (Å²) in [5.74, 6) is 0.880. The maximum Gasteiger partial charge on any atom is 0.256 e. The average Bonchev–Trinajstić information content (AvgIpc) is 2.44. The maximum atomic E-state index is 12.4. The van der Waals surface area contributed by atoms with Gasteiger partial charge in [-0.3, -0.25) is 4.79 Å². The first kappa shape index (κ1) is 15.1. The van der Waals surface area contributed by atoms with Crippen molar-refractivity contribution in [1.82, 2.24) is 0 Å². The summed E-state index contributed by atoms with van der Waals surface area (Å²) in [5, 5.41) is 2.99. The van der Waals surface area contributed by atoms with E-state index in [-0.39, 0.29) is 5.91 Å². The van der Waals surface area contributed by atoms with Crippen molar-refractivity contribution < 1.29 is 4.79 Å². The van der Waals surface area contributed by atoms with Crippen molar-refractivity contribution in [2.45, 2.75) is 18.7 Å². The standard InChI is InChI=1S/C16H16BrNOS/c1-3-20-15-7-5-4-6-14(15)18-16(19)12-10-11(2)8-9-13(12)17/h4-10H,3H2,1-2H3,(H,18,19). The molecule has 2 nitrogen and oxygen atoms in total. The van der Waals surface area contributed by atoms with Gasteiger partial charge in [-0.2, -0.15) is 0 Å². The van der Waals surface area contributed by atoms with Crippen molar-refractivity contribution in [1.29, 1.82) is 0 Å². The van der Waals surface area contributed by atoms with Gasteiger partial charge in [0.2, 0.25) is 0 Å².